The Kier molecular flexibility index (Phi) is 3.45. The summed E-state index contributed by atoms with van der Waals surface area (Å²) in [5.74, 6) is -0.960. The third kappa shape index (κ3) is 2.77. The number of carbonyl (C=O) groups excluding carboxylic acids is 1. The summed E-state index contributed by atoms with van der Waals surface area (Å²) in [7, 11) is 1.48. The van der Waals surface area contributed by atoms with Gasteiger partial charge in [0, 0.05) is 12.3 Å². The summed E-state index contributed by atoms with van der Waals surface area (Å²) >= 11 is 0. The van der Waals surface area contributed by atoms with Crippen molar-refractivity contribution in [2.24, 2.45) is 5.92 Å². The Hall–Kier alpha value is -2.11. The van der Waals surface area contributed by atoms with Crippen LogP contribution in [0, 0.1) is 5.92 Å². The van der Waals surface area contributed by atoms with E-state index < -0.39 is 17.9 Å². The predicted molar refractivity (Wildman–Crippen MR) is 62.4 cm³/mol. The number of aromatic nitrogens is 1. The first-order valence-electron chi connectivity index (χ1n) is 5.65. The Bertz CT molecular complexity index is 454. The van der Waals surface area contributed by atoms with Crippen molar-refractivity contribution in [3.63, 3.8) is 0 Å². The van der Waals surface area contributed by atoms with E-state index in [9.17, 15) is 9.59 Å². The highest BCUT2D eigenvalue weighted by Gasteiger charge is 2.37. The molecule has 1 fully saturated rings. The van der Waals surface area contributed by atoms with Gasteiger partial charge in [0.25, 0.3) is 5.91 Å². The molecule has 0 aromatic carbocycles. The van der Waals surface area contributed by atoms with Crippen LogP contribution in [0.25, 0.3) is 0 Å². The molecule has 2 rings (SSSR count). The van der Waals surface area contributed by atoms with Crippen LogP contribution in [0.3, 0.4) is 0 Å². The Labute approximate surface area is 104 Å². The monoisotopic (exact) mass is 250 g/mol. The second-order valence-electron chi connectivity index (χ2n) is 4.22. The lowest BCUT2D eigenvalue weighted by atomic mass is 10.1. The summed E-state index contributed by atoms with van der Waals surface area (Å²) in [6, 6.07) is 2.30. The molecule has 0 spiro atoms. The molecular formula is C12H14N2O4. The highest BCUT2D eigenvalue weighted by atomic mass is 16.5. The van der Waals surface area contributed by atoms with E-state index in [1.54, 1.807) is 12.1 Å². The number of carboxylic acids is 1. The summed E-state index contributed by atoms with van der Waals surface area (Å²) in [6.07, 6.45) is 3.05. The first kappa shape index (κ1) is 12.3. The molecule has 6 nitrogen and oxygen atoms in total. The molecule has 0 saturated heterocycles. The van der Waals surface area contributed by atoms with Gasteiger partial charge in [-0.25, -0.2) is 9.78 Å². The maximum absolute atomic E-state index is 11.8. The molecule has 1 aromatic rings. The largest absolute Gasteiger partial charge is 0.481 e. The molecule has 1 aliphatic rings. The fraction of sp³-hybridized carbons (Fsp3) is 0.417. The number of hydrogen-bond acceptors (Lipinski definition) is 4. The number of nitrogens with one attached hydrogen (secondary N) is 1. The summed E-state index contributed by atoms with van der Waals surface area (Å²) < 4.78 is 4.88. The molecular weight excluding hydrogens is 236 g/mol. The Morgan fingerprint density at radius 2 is 2.22 bits per heavy atom. The zero-order chi connectivity index (χ0) is 13.1. The number of hydrogen-bond donors (Lipinski definition) is 2. The Balaban J connectivity index is 2.03. The minimum absolute atomic E-state index is 0.0534. The van der Waals surface area contributed by atoms with Gasteiger partial charge in [-0.05, 0) is 24.8 Å². The molecule has 0 bridgehead atoms. The lowest BCUT2D eigenvalue weighted by molar-refractivity contribution is -0.139. The van der Waals surface area contributed by atoms with Gasteiger partial charge in [0.05, 0.1) is 12.7 Å². The Morgan fingerprint density at radius 1 is 1.50 bits per heavy atom. The van der Waals surface area contributed by atoms with E-state index in [4.69, 9.17) is 9.84 Å². The third-order valence-electron chi connectivity index (χ3n) is 2.85. The number of ether oxygens (including phenoxy) is 1. The molecule has 96 valence electrons. The van der Waals surface area contributed by atoms with Crippen LogP contribution >= 0.6 is 0 Å². The van der Waals surface area contributed by atoms with Gasteiger partial charge in [0.1, 0.15) is 6.04 Å². The van der Waals surface area contributed by atoms with Crippen molar-refractivity contribution in [1.29, 1.82) is 0 Å². The lowest BCUT2D eigenvalue weighted by Crippen LogP contribution is -2.42. The van der Waals surface area contributed by atoms with E-state index in [1.807, 2.05) is 0 Å². The van der Waals surface area contributed by atoms with Crippen LogP contribution < -0.4 is 10.1 Å². The van der Waals surface area contributed by atoms with Crippen molar-refractivity contribution in [3.05, 3.63) is 23.9 Å². The first-order valence-corrected chi connectivity index (χ1v) is 5.65. The fourth-order valence-electron chi connectivity index (χ4n) is 1.67. The number of aliphatic carboxylic acids is 1. The predicted octanol–water partition coefficient (Wildman–Crippen LogP) is 0.683. The van der Waals surface area contributed by atoms with Crippen LogP contribution in [-0.2, 0) is 4.79 Å². The minimum Gasteiger partial charge on any atom is -0.481 e. The smallest absolute Gasteiger partial charge is 0.326 e. The van der Waals surface area contributed by atoms with Gasteiger partial charge in [0.2, 0.25) is 5.88 Å². The van der Waals surface area contributed by atoms with E-state index in [2.05, 4.69) is 10.3 Å². The number of amides is 1. The molecule has 1 atom stereocenters. The summed E-state index contributed by atoms with van der Waals surface area (Å²) in [5, 5.41) is 11.5. The van der Waals surface area contributed by atoms with E-state index in [1.165, 1.54) is 13.3 Å². The van der Waals surface area contributed by atoms with Crippen LogP contribution in [0.2, 0.25) is 0 Å². The van der Waals surface area contributed by atoms with Gasteiger partial charge in [-0.3, -0.25) is 4.79 Å². The molecule has 1 amide bonds. The molecule has 6 heteroatoms. The van der Waals surface area contributed by atoms with Crippen molar-refractivity contribution in [2.45, 2.75) is 18.9 Å². The van der Waals surface area contributed by atoms with Gasteiger partial charge in [0.15, 0.2) is 0 Å². The molecule has 1 saturated carbocycles. The quantitative estimate of drug-likeness (QED) is 0.802. The summed E-state index contributed by atoms with van der Waals surface area (Å²) in [5.41, 5.74) is 0.322. The normalized spacial score (nSPS) is 15.8. The molecule has 1 aromatic heterocycles. The van der Waals surface area contributed by atoms with E-state index in [0.717, 1.165) is 12.8 Å². The average molecular weight is 250 g/mol. The van der Waals surface area contributed by atoms with E-state index >= 15 is 0 Å². The Morgan fingerprint density at radius 3 is 2.67 bits per heavy atom. The van der Waals surface area contributed by atoms with Crippen LogP contribution in [-0.4, -0.2) is 35.1 Å². The molecule has 0 radical (unpaired) electrons. The maximum Gasteiger partial charge on any atom is 0.326 e. The molecule has 1 heterocycles. The number of rotatable bonds is 5. The van der Waals surface area contributed by atoms with Gasteiger partial charge in [-0.2, -0.15) is 0 Å². The first-order chi connectivity index (χ1) is 8.61. The van der Waals surface area contributed by atoms with Crippen molar-refractivity contribution >= 4 is 11.9 Å². The molecule has 18 heavy (non-hydrogen) atoms. The van der Waals surface area contributed by atoms with Crippen molar-refractivity contribution in [3.8, 4) is 5.88 Å². The second-order valence-corrected chi connectivity index (χ2v) is 4.22. The topological polar surface area (TPSA) is 88.5 Å². The minimum atomic E-state index is -0.993. The van der Waals surface area contributed by atoms with Gasteiger partial charge < -0.3 is 15.2 Å². The van der Waals surface area contributed by atoms with Crippen LogP contribution in [0.1, 0.15) is 23.2 Å². The van der Waals surface area contributed by atoms with Crippen molar-refractivity contribution in [2.75, 3.05) is 7.11 Å². The van der Waals surface area contributed by atoms with E-state index in [-0.39, 0.29) is 5.92 Å². The van der Waals surface area contributed by atoms with Crippen molar-refractivity contribution in [1.82, 2.24) is 10.3 Å². The van der Waals surface area contributed by atoms with Crippen LogP contribution in [0.4, 0.5) is 0 Å². The van der Waals surface area contributed by atoms with Crippen LogP contribution in [0.15, 0.2) is 18.3 Å². The van der Waals surface area contributed by atoms with Gasteiger partial charge in [-0.15, -0.1) is 0 Å². The number of pyridine rings is 1. The highest BCUT2D eigenvalue weighted by Crippen LogP contribution is 2.32. The average Bonchev–Trinajstić information content (AvgIpc) is 3.19. The number of methoxy groups -OCH3 is 1. The zero-order valence-electron chi connectivity index (χ0n) is 9.92. The molecule has 1 aliphatic carbocycles. The summed E-state index contributed by atoms with van der Waals surface area (Å²) in [6.45, 7) is 0. The third-order valence-corrected chi connectivity index (χ3v) is 2.85. The van der Waals surface area contributed by atoms with Gasteiger partial charge in [-0.1, -0.05) is 0 Å². The van der Waals surface area contributed by atoms with Gasteiger partial charge >= 0.3 is 5.97 Å². The summed E-state index contributed by atoms with van der Waals surface area (Å²) in [4.78, 5) is 26.7. The second kappa shape index (κ2) is 5.03. The van der Waals surface area contributed by atoms with Crippen LogP contribution in [0.5, 0.6) is 5.88 Å². The number of carboxylic acid groups (broad SMARTS) is 1. The van der Waals surface area contributed by atoms with E-state index in [0.29, 0.717) is 11.4 Å². The molecule has 1 unspecified atom stereocenters. The molecule has 2 N–H and O–H groups in total. The lowest BCUT2D eigenvalue weighted by Gasteiger charge is -2.13. The zero-order valence-corrected chi connectivity index (χ0v) is 9.92. The standard InChI is InChI=1S/C12H14N2O4/c1-18-9-5-4-8(6-13-9)11(15)14-10(12(16)17)7-2-3-7/h4-7,10H,2-3H2,1H3,(H,14,15)(H,16,17). The maximum atomic E-state index is 11.8. The number of nitrogens with zero attached hydrogens (tertiary/aromatic N) is 1. The SMILES string of the molecule is COc1ccc(C(=O)NC(C(=O)O)C2CC2)cn1. The molecule has 0 aliphatic heterocycles. The highest BCUT2D eigenvalue weighted by molar-refractivity contribution is 5.96. The fourth-order valence-corrected chi connectivity index (χ4v) is 1.67. The van der Waals surface area contributed by atoms with Crippen molar-refractivity contribution < 1.29 is 19.4 Å². The number of carbonyl (C=O) groups is 2.